The second-order valence-corrected chi connectivity index (χ2v) is 6.40. The van der Waals surface area contributed by atoms with Gasteiger partial charge in [-0.2, -0.15) is 13.2 Å². The quantitative estimate of drug-likeness (QED) is 0.786. The molecule has 24 heavy (non-hydrogen) atoms. The SMILES string of the molecule is CN1C(=O)CN(C(=O)[C@@H]2CCCC[C@@H]2C(F)(F)F)c2ccccc21. The molecule has 0 N–H and O–H groups in total. The van der Waals surface area contributed by atoms with Crippen molar-refractivity contribution in [3.8, 4) is 0 Å². The summed E-state index contributed by atoms with van der Waals surface area (Å²) in [6.07, 6.45) is -3.12. The molecule has 0 saturated heterocycles. The summed E-state index contributed by atoms with van der Waals surface area (Å²) in [5, 5.41) is 0. The van der Waals surface area contributed by atoms with Crippen LogP contribution in [0.1, 0.15) is 25.7 Å². The maximum atomic E-state index is 13.3. The monoisotopic (exact) mass is 340 g/mol. The molecule has 2 aliphatic rings. The van der Waals surface area contributed by atoms with Crippen molar-refractivity contribution in [3.63, 3.8) is 0 Å². The third kappa shape index (κ3) is 2.87. The average molecular weight is 340 g/mol. The van der Waals surface area contributed by atoms with Gasteiger partial charge in [0.05, 0.1) is 17.3 Å². The zero-order valence-electron chi connectivity index (χ0n) is 13.3. The molecule has 1 aliphatic carbocycles. The molecule has 1 fully saturated rings. The summed E-state index contributed by atoms with van der Waals surface area (Å²) in [4.78, 5) is 27.7. The molecule has 0 aromatic heterocycles. The van der Waals surface area contributed by atoms with Gasteiger partial charge in [0, 0.05) is 13.0 Å². The maximum Gasteiger partial charge on any atom is 0.392 e. The zero-order valence-corrected chi connectivity index (χ0v) is 13.3. The first kappa shape index (κ1) is 16.8. The van der Waals surface area contributed by atoms with Gasteiger partial charge in [0.2, 0.25) is 11.8 Å². The number of halogens is 3. The fraction of sp³-hybridized carbons (Fsp3) is 0.529. The fourth-order valence-electron chi connectivity index (χ4n) is 3.65. The summed E-state index contributed by atoms with van der Waals surface area (Å²) in [7, 11) is 1.60. The van der Waals surface area contributed by atoms with Crippen LogP contribution < -0.4 is 9.80 Å². The van der Waals surface area contributed by atoms with Gasteiger partial charge in [0.25, 0.3) is 0 Å². The summed E-state index contributed by atoms with van der Waals surface area (Å²) < 4.78 is 39.9. The van der Waals surface area contributed by atoms with Crippen LogP contribution in [0, 0.1) is 11.8 Å². The standard InChI is InChI=1S/C17H19F3N2O2/c1-21-13-8-4-5-9-14(13)22(10-15(21)23)16(24)11-6-2-3-7-12(11)17(18,19)20/h4-5,8-9,11-12H,2-3,6-7,10H2,1H3/t11-,12+/m1/s1. The molecule has 0 unspecified atom stereocenters. The number of carbonyl (C=O) groups excluding carboxylic acids is 2. The number of anilines is 2. The van der Waals surface area contributed by atoms with Crippen molar-refractivity contribution in [1.82, 2.24) is 0 Å². The van der Waals surface area contributed by atoms with E-state index in [9.17, 15) is 22.8 Å². The molecule has 1 heterocycles. The van der Waals surface area contributed by atoms with Gasteiger partial charge in [-0.15, -0.1) is 0 Å². The summed E-state index contributed by atoms with van der Waals surface area (Å²) in [5.74, 6) is -3.63. The van der Waals surface area contributed by atoms with E-state index in [2.05, 4.69) is 0 Å². The zero-order chi connectivity index (χ0) is 17.5. The number of amides is 2. The molecule has 130 valence electrons. The third-order valence-electron chi connectivity index (χ3n) is 4.97. The first-order valence-corrected chi connectivity index (χ1v) is 8.04. The Labute approximate surface area is 138 Å². The molecule has 4 nitrogen and oxygen atoms in total. The summed E-state index contributed by atoms with van der Waals surface area (Å²) in [5.41, 5.74) is 1.04. The molecule has 7 heteroatoms. The highest BCUT2D eigenvalue weighted by Crippen LogP contribution is 2.43. The molecular weight excluding hydrogens is 321 g/mol. The van der Waals surface area contributed by atoms with Crippen molar-refractivity contribution in [2.75, 3.05) is 23.4 Å². The van der Waals surface area contributed by atoms with Gasteiger partial charge < -0.3 is 9.80 Å². The number of benzene rings is 1. The highest BCUT2D eigenvalue weighted by atomic mass is 19.4. The first-order chi connectivity index (χ1) is 11.3. The highest BCUT2D eigenvalue weighted by Gasteiger charge is 2.49. The number of para-hydroxylation sites is 2. The lowest BCUT2D eigenvalue weighted by molar-refractivity contribution is -0.197. The van der Waals surface area contributed by atoms with Gasteiger partial charge >= 0.3 is 6.18 Å². The van der Waals surface area contributed by atoms with Crippen LogP contribution in [-0.4, -0.2) is 31.6 Å². The normalized spacial score (nSPS) is 24.8. The van der Waals surface area contributed by atoms with Gasteiger partial charge in [-0.1, -0.05) is 25.0 Å². The van der Waals surface area contributed by atoms with Crippen molar-refractivity contribution in [2.24, 2.45) is 11.8 Å². The molecule has 3 rings (SSSR count). The van der Waals surface area contributed by atoms with Crippen molar-refractivity contribution in [2.45, 2.75) is 31.9 Å². The van der Waals surface area contributed by atoms with Crippen molar-refractivity contribution >= 4 is 23.2 Å². The minimum atomic E-state index is -4.39. The molecular formula is C17H19F3N2O2. The topological polar surface area (TPSA) is 40.6 Å². The van der Waals surface area contributed by atoms with Crippen LogP contribution in [0.25, 0.3) is 0 Å². The second kappa shape index (κ2) is 6.11. The molecule has 2 atom stereocenters. The molecule has 1 aromatic carbocycles. The Morgan fingerprint density at radius 1 is 1.12 bits per heavy atom. The van der Waals surface area contributed by atoms with Crippen molar-refractivity contribution < 1.29 is 22.8 Å². The van der Waals surface area contributed by atoms with E-state index in [0.29, 0.717) is 24.2 Å². The maximum absolute atomic E-state index is 13.3. The van der Waals surface area contributed by atoms with Crippen LogP contribution in [0.3, 0.4) is 0 Å². The Hall–Kier alpha value is -2.05. The van der Waals surface area contributed by atoms with Crippen LogP contribution in [0.15, 0.2) is 24.3 Å². The Kier molecular flexibility index (Phi) is 4.27. The fourth-order valence-corrected chi connectivity index (χ4v) is 3.65. The van der Waals surface area contributed by atoms with E-state index in [-0.39, 0.29) is 25.3 Å². The van der Waals surface area contributed by atoms with E-state index < -0.39 is 23.9 Å². The third-order valence-corrected chi connectivity index (χ3v) is 4.97. The smallest absolute Gasteiger partial charge is 0.312 e. The van der Waals surface area contributed by atoms with Crippen molar-refractivity contribution in [1.29, 1.82) is 0 Å². The lowest BCUT2D eigenvalue weighted by atomic mass is 9.77. The molecule has 1 saturated carbocycles. The summed E-state index contributed by atoms with van der Waals surface area (Å²) >= 11 is 0. The van der Waals surface area contributed by atoms with Gasteiger partial charge in [0.1, 0.15) is 6.54 Å². The van der Waals surface area contributed by atoms with Crippen LogP contribution in [-0.2, 0) is 9.59 Å². The lowest BCUT2D eigenvalue weighted by Gasteiger charge is -2.39. The van der Waals surface area contributed by atoms with Crippen LogP contribution in [0.2, 0.25) is 0 Å². The van der Waals surface area contributed by atoms with Crippen LogP contribution >= 0.6 is 0 Å². The first-order valence-electron chi connectivity index (χ1n) is 8.04. The number of hydrogen-bond acceptors (Lipinski definition) is 2. The van der Waals surface area contributed by atoms with E-state index in [4.69, 9.17) is 0 Å². The molecule has 2 amide bonds. The largest absolute Gasteiger partial charge is 0.392 e. The molecule has 0 spiro atoms. The average Bonchev–Trinajstić information content (AvgIpc) is 2.57. The van der Waals surface area contributed by atoms with Gasteiger partial charge in [0.15, 0.2) is 0 Å². The van der Waals surface area contributed by atoms with Gasteiger partial charge in [-0.05, 0) is 25.0 Å². The predicted octanol–water partition coefficient (Wildman–Crippen LogP) is 3.36. The van der Waals surface area contributed by atoms with Gasteiger partial charge in [-0.3, -0.25) is 9.59 Å². The van der Waals surface area contributed by atoms with E-state index in [1.807, 2.05) is 0 Å². The Bertz CT molecular complexity index is 659. The Morgan fingerprint density at radius 2 is 1.75 bits per heavy atom. The molecule has 0 radical (unpaired) electrons. The number of fused-ring (bicyclic) bond motifs is 1. The number of nitrogens with zero attached hydrogens (tertiary/aromatic N) is 2. The lowest BCUT2D eigenvalue weighted by Crippen LogP contribution is -2.51. The van der Waals surface area contributed by atoms with Crippen molar-refractivity contribution in [3.05, 3.63) is 24.3 Å². The number of rotatable bonds is 1. The van der Waals surface area contributed by atoms with E-state index in [1.54, 1.807) is 31.3 Å². The summed E-state index contributed by atoms with van der Waals surface area (Å²) in [6, 6.07) is 6.80. The minimum Gasteiger partial charge on any atom is -0.312 e. The van der Waals surface area contributed by atoms with Crippen LogP contribution in [0.5, 0.6) is 0 Å². The summed E-state index contributed by atoms with van der Waals surface area (Å²) in [6.45, 7) is -0.215. The van der Waals surface area contributed by atoms with E-state index in [1.165, 1.54) is 9.80 Å². The highest BCUT2D eigenvalue weighted by molar-refractivity contribution is 6.11. The molecule has 1 aliphatic heterocycles. The Balaban J connectivity index is 1.94. The number of hydrogen-bond donors (Lipinski definition) is 0. The number of carbonyl (C=O) groups is 2. The van der Waals surface area contributed by atoms with Crippen LogP contribution in [0.4, 0.5) is 24.5 Å². The minimum absolute atomic E-state index is 0.0246. The van der Waals surface area contributed by atoms with Gasteiger partial charge in [-0.25, -0.2) is 0 Å². The van der Waals surface area contributed by atoms with E-state index >= 15 is 0 Å². The predicted molar refractivity (Wildman–Crippen MR) is 83.7 cm³/mol. The Morgan fingerprint density at radius 3 is 2.42 bits per heavy atom. The molecule has 1 aromatic rings. The number of alkyl halides is 3. The van der Waals surface area contributed by atoms with E-state index in [0.717, 1.165) is 0 Å². The molecule has 0 bridgehead atoms. The number of likely N-dealkylation sites (N-methyl/N-ethyl adjacent to an activating group) is 1. The second-order valence-electron chi connectivity index (χ2n) is 6.40.